The van der Waals surface area contributed by atoms with Crippen LogP contribution in [0.4, 0.5) is 5.69 Å². The first-order chi connectivity index (χ1) is 10.2. The van der Waals surface area contributed by atoms with E-state index in [1.807, 2.05) is 13.0 Å². The van der Waals surface area contributed by atoms with Gasteiger partial charge >= 0.3 is 0 Å². The molecule has 108 valence electrons. The van der Waals surface area contributed by atoms with Crippen molar-refractivity contribution in [1.29, 1.82) is 5.26 Å². The first-order valence-electron chi connectivity index (χ1n) is 6.52. The number of aromatic nitrogens is 1. The van der Waals surface area contributed by atoms with Crippen molar-refractivity contribution in [2.75, 3.05) is 11.9 Å². The predicted molar refractivity (Wildman–Crippen MR) is 76.1 cm³/mol. The molecule has 2 rings (SSSR count). The number of amides is 1. The Kier molecular flexibility index (Phi) is 4.57. The summed E-state index contributed by atoms with van der Waals surface area (Å²) in [4.78, 5) is 12.2. The van der Waals surface area contributed by atoms with Crippen LogP contribution in [0, 0.1) is 18.3 Å². The predicted octanol–water partition coefficient (Wildman–Crippen LogP) is 2.70. The third-order valence-corrected chi connectivity index (χ3v) is 2.91. The Bertz CT molecular complexity index is 668. The molecular weight excluding hydrogens is 270 g/mol. The lowest BCUT2D eigenvalue weighted by Gasteiger charge is -2.06. The smallest absolute Gasteiger partial charge is 0.261 e. The number of rotatable bonds is 5. The lowest BCUT2D eigenvalue weighted by Crippen LogP contribution is -2.14. The van der Waals surface area contributed by atoms with E-state index in [1.165, 1.54) is 0 Å². The molecule has 1 aromatic carbocycles. The van der Waals surface area contributed by atoms with Gasteiger partial charge < -0.3 is 14.6 Å². The number of hydrogen-bond acceptors (Lipinski definition) is 5. The van der Waals surface area contributed by atoms with Gasteiger partial charge in [-0.15, -0.1) is 0 Å². The van der Waals surface area contributed by atoms with Crippen molar-refractivity contribution in [3.8, 4) is 11.8 Å². The Hall–Kier alpha value is -2.81. The fraction of sp³-hybridized carbons (Fsp3) is 0.267. The number of anilines is 1. The highest BCUT2D eigenvalue weighted by Gasteiger charge is 2.19. The van der Waals surface area contributed by atoms with Gasteiger partial charge in [-0.3, -0.25) is 4.79 Å². The summed E-state index contributed by atoms with van der Waals surface area (Å²) >= 11 is 0. The Balaban J connectivity index is 2.09. The molecule has 0 saturated carbocycles. The number of nitriles is 1. The molecule has 0 aliphatic heterocycles. The van der Waals surface area contributed by atoms with E-state index in [9.17, 15) is 4.79 Å². The topological polar surface area (TPSA) is 88.2 Å². The van der Waals surface area contributed by atoms with Gasteiger partial charge in [0, 0.05) is 5.69 Å². The molecule has 0 unspecified atom stereocenters. The summed E-state index contributed by atoms with van der Waals surface area (Å²) in [7, 11) is 0. The number of hydrogen-bond donors (Lipinski definition) is 1. The van der Waals surface area contributed by atoms with Crippen LogP contribution in [0.3, 0.4) is 0 Å². The molecule has 2 aromatic rings. The van der Waals surface area contributed by atoms with Crippen LogP contribution in [0.25, 0.3) is 0 Å². The second-order valence-electron chi connectivity index (χ2n) is 4.34. The molecule has 1 aromatic heterocycles. The molecule has 1 N–H and O–H groups in total. The standard InChI is InChI=1S/C15H15N3O3/c1-3-13-14(10(2)21-18-13)15(19)17-11-4-6-12(7-5-11)20-9-8-16/h4-7H,3,9H2,1-2H3,(H,17,19). The van der Waals surface area contributed by atoms with Gasteiger partial charge in [0.1, 0.15) is 23.1 Å². The van der Waals surface area contributed by atoms with Gasteiger partial charge in [0.2, 0.25) is 0 Å². The fourth-order valence-electron chi connectivity index (χ4n) is 1.89. The van der Waals surface area contributed by atoms with Crippen LogP contribution >= 0.6 is 0 Å². The van der Waals surface area contributed by atoms with Gasteiger partial charge in [0.25, 0.3) is 5.91 Å². The summed E-state index contributed by atoms with van der Waals surface area (Å²) < 4.78 is 10.2. The molecular formula is C15H15N3O3. The van der Waals surface area contributed by atoms with Crippen molar-refractivity contribution >= 4 is 11.6 Å². The second-order valence-corrected chi connectivity index (χ2v) is 4.34. The Morgan fingerprint density at radius 1 is 1.43 bits per heavy atom. The number of carbonyl (C=O) groups excluding carboxylic acids is 1. The van der Waals surface area contributed by atoms with Crippen LogP contribution in [0.15, 0.2) is 28.8 Å². The van der Waals surface area contributed by atoms with E-state index < -0.39 is 0 Å². The zero-order valence-corrected chi connectivity index (χ0v) is 11.8. The lowest BCUT2D eigenvalue weighted by atomic mass is 10.1. The van der Waals surface area contributed by atoms with E-state index in [1.54, 1.807) is 31.2 Å². The van der Waals surface area contributed by atoms with E-state index in [0.29, 0.717) is 34.9 Å². The molecule has 0 atom stereocenters. The number of ether oxygens (including phenoxy) is 1. The maximum atomic E-state index is 12.2. The summed E-state index contributed by atoms with van der Waals surface area (Å²) in [6.45, 7) is 3.61. The zero-order chi connectivity index (χ0) is 15.2. The van der Waals surface area contributed by atoms with Crippen molar-refractivity contribution in [1.82, 2.24) is 5.16 Å². The van der Waals surface area contributed by atoms with Crippen molar-refractivity contribution < 1.29 is 14.1 Å². The lowest BCUT2D eigenvalue weighted by molar-refractivity contribution is 0.102. The normalized spacial score (nSPS) is 9.95. The van der Waals surface area contributed by atoms with E-state index >= 15 is 0 Å². The minimum Gasteiger partial charge on any atom is -0.479 e. The molecule has 1 heterocycles. The van der Waals surface area contributed by atoms with Gasteiger partial charge in [0.05, 0.1) is 5.69 Å². The molecule has 0 radical (unpaired) electrons. The van der Waals surface area contributed by atoms with Gasteiger partial charge in [0.15, 0.2) is 6.61 Å². The fourth-order valence-corrected chi connectivity index (χ4v) is 1.89. The number of nitrogens with zero attached hydrogens (tertiary/aromatic N) is 2. The molecule has 0 saturated heterocycles. The monoisotopic (exact) mass is 285 g/mol. The summed E-state index contributed by atoms with van der Waals surface area (Å²) in [6.07, 6.45) is 0.626. The number of benzene rings is 1. The van der Waals surface area contributed by atoms with Crippen LogP contribution < -0.4 is 10.1 Å². The summed E-state index contributed by atoms with van der Waals surface area (Å²) in [5, 5.41) is 15.1. The maximum Gasteiger partial charge on any atom is 0.261 e. The Labute approximate surface area is 122 Å². The van der Waals surface area contributed by atoms with Gasteiger partial charge in [-0.05, 0) is 37.6 Å². The molecule has 6 nitrogen and oxygen atoms in total. The second kappa shape index (κ2) is 6.57. The Morgan fingerprint density at radius 3 is 2.76 bits per heavy atom. The van der Waals surface area contributed by atoms with Crippen LogP contribution in [-0.4, -0.2) is 17.7 Å². The summed E-state index contributed by atoms with van der Waals surface area (Å²) in [5.41, 5.74) is 1.74. The number of nitrogens with one attached hydrogen (secondary N) is 1. The van der Waals surface area contributed by atoms with E-state index in [2.05, 4.69) is 10.5 Å². The van der Waals surface area contributed by atoms with Crippen molar-refractivity contribution in [2.45, 2.75) is 20.3 Å². The van der Waals surface area contributed by atoms with Gasteiger partial charge in [-0.25, -0.2) is 0 Å². The summed E-state index contributed by atoms with van der Waals surface area (Å²) in [6, 6.07) is 8.68. The first-order valence-corrected chi connectivity index (χ1v) is 6.52. The van der Waals surface area contributed by atoms with Gasteiger partial charge in [-0.1, -0.05) is 12.1 Å². The van der Waals surface area contributed by atoms with E-state index in [0.717, 1.165) is 0 Å². The maximum absolute atomic E-state index is 12.2. The molecule has 21 heavy (non-hydrogen) atoms. The molecule has 0 spiro atoms. The highest BCUT2D eigenvalue weighted by molar-refractivity contribution is 6.05. The molecule has 0 fully saturated rings. The molecule has 0 aliphatic rings. The molecule has 0 bridgehead atoms. The van der Waals surface area contributed by atoms with Crippen molar-refractivity contribution in [3.05, 3.63) is 41.3 Å². The molecule has 6 heteroatoms. The van der Waals surface area contributed by atoms with Gasteiger partial charge in [-0.2, -0.15) is 5.26 Å². The first kappa shape index (κ1) is 14.6. The largest absolute Gasteiger partial charge is 0.479 e. The third-order valence-electron chi connectivity index (χ3n) is 2.91. The Morgan fingerprint density at radius 2 is 2.14 bits per heavy atom. The van der Waals surface area contributed by atoms with E-state index in [4.69, 9.17) is 14.5 Å². The highest BCUT2D eigenvalue weighted by Crippen LogP contribution is 2.19. The minimum atomic E-state index is -0.253. The van der Waals surface area contributed by atoms with Crippen molar-refractivity contribution in [3.63, 3.8) is 0 Å². The molecule has 0 aliphatic carbocycles. The number of carbonyl (C=O) groups is 1. The minimum absolute atomic E-state index is 0.00848. The average molecular weight is 285 g/mol. The number of aryl methyl sites for hydroxylation is 2. The third kappa shape index (κ3) is 3.39. The van der Waals surface area contributed by atoms with Crippen LogP contribution in [-0.2, 0) is 6.42 Å². The summed E-state index contributed by atoms with van der Waals surface area (Å²) in [5.74, 6) is 0.819. The van der Waals surface area contributed by atoms with Crippen LogP contribution in [0.5, 0.6) is 5.75 Å². The van der Waals surface area contributed by atoms with E-state index in [-0.39, 0.29) is 12.5 Å². The highest BCUT2D eigenvalue weighted by atomic mass is 16.5. The SMILES string of the molecule is CCc1noc(C)c1C(=O)Nc1ccc(OCC#N)cc1. The van der Waals surface area contributed by atoms with Crippen molar-refractivity contribution in [2.24, 2.45) is 0 Å². The molecule has 1 amide bonds. The van der Waals surface area contributed by atoms with Crippen LogP contribution in [0.1, 0.15) is 28.7 Å². The quantitative estimate of drug-likeness (QED) is 0.912. The van der Waals surface area contributed by atoms with Crippen LogP contribution in [0.2, 0.25) is 0 Å². The zero-order valence-electron chi connectivity index (χ0n) is 11.8. The average Bonchev–Trinajstić information content (AvgIpc) is 2.87.